The van der Waals surface area contributed by atoms with Gasteiger partial charge in [0, 0.05) is 10.2 Å². The van der Waals surface area contributed by atoms with Gasteiger partial charge in [0.05, 0.1) is 17.8 Å². The summed E-state index contributed by atoms with van der Waals surface area (Å²) in [6.07, 6.45) is -4.43. The fourth-order valence-corrected chi connectivity index (χ4v) is 2.32. The van der Waals surface area contributed by atoms with Gasteiger partial charge in [-0.15, -0.1) is 0 Å². The lowest BCUT2D eigenvalue weighted by Gasteiger charge is -2.13. The first-order valence-corrected chi connectivity index (χ1v) is 7.96. The zero-order valence-corrected chi connectivity index (χ0v) is 14.5. The smallest absolute Gasteiger partial charge is 0.376 e. The van der Waals surface area contributed by atoms with Crippen molar-refractivity contribution in [2.45, 2.75) is 6.18 Å². The summed E-state index contributed by atoms with van der Waals surface area (Å²) in [5.41, 5.74) is 5.77. The number of anilines is 1. The van der Waals surface area contributed by atoms with Crippen LogP contribution in [0.1, 0.15) is 11.1 Å². The van der Waals surface area contributed by atoms with Crippen molar-refractivity contribution in [3.8, 4) is 0 Å². The van der Waals surface area contributed by atoms with E-state index in [1.54, 1.807) is 0 Å². The van der Waals surface area contributed by atoms with Crippen LogP contribution in [0.2, 0.25) is 0 Å². The Morgan fingerprint density at radius 3 is 2.48 bits per heavy atom. The lowest BCUT2D eigenvalue weighted by atomic mass is 10.2. The molecule has 2 aromatic rings. The van der Waals surface area contributed by atoms with Crippen LogP contribution in [0.15, 0.2) is 59.6 Å². The number of alkyl halides is 3. The van der Waals surface area contributed by atoms with Gasteiger partial charge in [-0.05, 0) is 35.9 Å². The van der Waals surface area contributed by atoms with Crippen LogP contribution >= 0.6 is 15.9 Å². The number of nitrogens with one attached hydrogen (secondary N) is 3. The summed E-state index contributed by atoms with van der Waals surface area (Å²) in [4.78, 5) is 11.8. The molecule has 0 fully saturated rings. The molecule has 0 unspecified atom stereocenters. The third kappa shape index (κ3) is 5.82. The molecule has 0 aromatic heterocycles. The first-order valence-electron chi connectivity index (χ1n) is 7.16. The van der Waals surface area contributed by atoms with Gasteiger partial charge in [0.15, 0.2) is 0 Å². The topological polar surface area (TPSA) is 53.2 Å². The molecular formula is C17H15BrF3N3O. The molecule has 0 atom stereocenters. The Morgan fingerprint density at radius 1 is 1.08 bits per heavy atom. The van der Waals surface area contributed by atoms with E-state index in [0.29, 0.717) is 5.70 Å². The van der Waals surface area contributed by atoms with Crippen molar-refractivity contribution in [2.75, 3.05) is 11.9 Å². The van der Waals surface area contributed by atoms with Crippen LogP contribution in [0.25, 0.3) is 5.70 Å². The minimum atomic E-state index is -4.43. The lowest BCUT2D eigenvalue weighted by molar-refractivity contribution is -0.137. The highest BCUT2D eigenvalue weighted by Crippen LogP contribution is 2.30. The molecule has 2 aromatic carbocycles. The second kappa shape index (κ2) is 8.06. The minimum absolute atomic E-state index is 0.194. The summed E-state index contributed by atoms with van der Waals surface area (Å²) < 4.78 is 38.8. The maximum Gasteiger partial charge on any atom is 0.416 e. The van der Waals surface area contributed by atoms with Crippen molar-refractivity contribution in [1.82, 2.24) is 10.9 Å². The predicted molar refractivity (Wildman–Crippen MR) is 94.4 cm³/mol. The Labute approximate surface area is 151 Å². The first kappa shape index (κ1) is 18.9. The third-order valence-corrected chi connectivity index (χ3v) is 3.66. The maximum absolute atomic E-state index is 12.6. The van der Waals surface area contributed by atoms with E-state index >= 15 is 0 Å². The van der Waals surface area contributed by atoms with E-state index in [1.165, 1.54) is 12.1 Å². The van der Waals surface area contributed by atoms with Crippen LogP contribution < -0.4 is 16.2 Å². The van der Waals surface area contributed by atoms with Crippen molar-refractivity contribution in [2.24, 2.45) is 0 Å². The van der Waals surface area contributed by atoms with E-state index in [9.17, 15) is 18.0 Å². The maximum atomic E-state index is 12.6. The van der Waals surface area contributed by atoms with E-state index in [0.717, 1.165) is 22.2 Å². The van der Waals surface area contributed by atoms with Gasteiger partial charge in [0.2, 0.25) is 0 Å². The molecule has 1 amide bonds. The minimum Gasteiger partial charge on any atom is -0.376 e. The van der Waals surface area contributed by atoms with Crippen LogP contribution in [0.3, 0.4) is 0 Å². The Balaban J connectivity index is 1.84. The monoisotopic (exact) mass is 413 g/mol. The van der Waals surface area contributed by atoms with Gasteiger partial charge >= 0.3 is 6.18 Å². The van der Waals surface area contributed by atoms with Gasteiger partial charge < -0.3 is 5.32 Å². The average Bonchev–Trinajstić information content (AvgIpc) is 2.57. The Bertz CT molecular complexity index is 778. The number of benzene rings is 2. The molecular weight excluding hydrogens is 399 g/mol. The zero-order valence-electron chi connectivity index (χ0n) is 13.0. The largest absolute Gasteiger partial charge is 0.416 e. The Morgan fingerprint density at radius 2 is 1.80 bits per heavy atom. The molecule has 0 aliphatic heterocycles. The van der Waals surface area contributed by atoms with Crippen LogP contribution in [0.4, 0.5) is 18.9 Å². The average molecular weight is 414 g/mol. The lowest BCUT2D eigenvalue weighted by Crippen LogP contribution is -2.39. The van der Waals surface area contributed by atoms with Gasteiger partial charge in [-0.3, -0.25) is 15.6 Å². The van der Waals surface area contributed by atoms with Crippen molar-refractivity contribution in [3.05, 3.63) is 70.7 Å². The van der Waals surface area contributed by atoms with Crippen molar-refractivity contribution in [1.29, 1.82) is 0 Å². The number of hydrogen-bond donors (Lipinski definition) is 3. The van der Waals surface area contributed by atoms with Gasteiger partial charge in [-0.1, -0.05) is 40.7 Å². The van der Waals surface area contributed by atoms with Crippen LogP contribution in [-0.2, 0) is 11.0 Å². The molecule has 2 rings (SSSR count). The second-order valence-electron chi connectivity index (χ2n) is 5.09. The molecule has 0 bridgehead atoms. The van der Waals surface area contributed by atoms with Crippen LogP contribution in [-0.4, -0.2) is 12.5 Å². The van der Waals surface area contributed by atoms with E-state index in [4.69, 9.17) is 0 Å². The molecule has 0 heterocycles. The zero-order chi connectivity index (χ0) is 18.4. The molecule has 25 heavy (non-hydrogen) atoms. The van der Waals surface area contributed by atoms with Gasteiger partial charge in [0.25, 0.3) is 5.91 Å². The predicted octanol–water partition coefficient (Wildman–Crippen LogP) is 4.17. The highest BCUT2D eigenvalue weighted by atomic mass is 79.9. The molecule has 0 spiro atoms. The molecule has 132 valence electrons. The number of rotatable bonds is 6. The molecule has 0 saturated heterocycles. The summed E-state index contributed by atoms with van der Waals surface area (Å²) >= 11 is 3.33. The summed E-state index contributed by atoms with van der Waals surface area (Å²) in [5.74, 6) is -0.450. The molecule has 0 aliphatic carbocycles. The third-order valence-electron chi connectivity index (χ3n) is 3.17. The molecule has 0 aliphatic rings. The normalized spacial score (nSPS) is 10.9. The standard InChI is InChI=1S/C17H15BrF3N3O/c1-11(12-4-2-6-14(18)8-12)23-24-16(25)10-22-15-7-3-5-13(9-15)17(19,20)21/h2-9,22-23H,1,10H2,(H,24,25). The van der Waals surface area contributed by atoms with E-state index in [1.807, 2.05) is 24.3 Å². The number of carbonyl (C=O) groups excluding carboxylic acids is 1. The van der Waals surface area contributed by atoms with Crippen LogP contribution in [0.5, 0.6) is 0 Å². The van der Waals surface area contributed by atoms with Gasteiger partial charge in [0.1, 0.15) is 0 Å². The number of hydrazine groups is 1. The summed E-state index contributed by atoms with van der Waals surface area (Å²) in [5, 5.41) is 2.64. The number of carbonyl (C=O) groups is 1. The van der Waals surface area contributed by atoms with Crippen molar-refractivity contribution < 1.29 is 18.0 Å². The molecule has 4 nitrogen and oxygen atoms in total. The molecule has 3 N–H and O–H groups in total. The Hall–Kier alpha value is -2.48. The first-order chi connectivity index (χ1) is 11.8. The second-order valence-corrected chi connectivity index (χ2v) is 6.01. The number of halogens is 4. The van der Waals surface area contributed by atoms with Crippen molar-refractivity contribution >= 4 is 33.2 Å². The highest BCUT2D eigenvalue weighted by Gasteiger charge is 2.30. The van der Waals surface area contributed by atoms with Crippen molar-refractivity contribution in [3.63, 3.8) is 0 Å². The Kier molecular flexibility index (Phi) is 6.08. The summed E-state index contributed by atoms with van der Waals surface area (Å²) in [6, 6.07) is 12.0. The fourth-order valence-electron chi connectivity index (χ4n) is 1.93. The van der Waals surface area contributed by atoms with E-state index in [2.05, 4.69) is 38.7 Å². The SMILES string of the molecule is C=C(NNC(=O)CNc1cccc(C(F)(F)F)c1)c1cccc(Br)c1. The van der Waals surface area contributed by atoms with E-state index < -0.39 is 17.6 Å². The molecule has 8 heteroatoms. The fraction of sp³-hybridized carbons (Fsp3) is 0.118. The number of hydrogen-bond acceptors (Lipinski definition) is 3. The molecule has 0 saturated carbocycles. The summed E-state index contributed by atoms with van der Waals surface area (Å²) in [6.45, 7) is 3.61. The van der Waals surface area contributed by atoms with Gasteiger partial charge in [-0.25, -0.2) is 0 Å². The van der Waals surface area contributed by atoms with Gasteiger partial charge in [-0.2, -0.15) is 13.2 Å². The molecule has 0 radical (unpaired) electrons. The van der Waals surface area contributed by atoms with E-state index in [-0.39, 0.29) is 12.2 Å². The quantitative estimate of drug-likeness (QED) is 0.622. The summed E-state index contributed by atoms with van der Waals surface area (Å²) in [7, 11) is 0. The number of amides is 1. The van der Waals surface area contributed by atoms with Crippen LogP contribution in [0, 0.1) is 0 Å². The highest BCUT2D eigenvalue weighted by molar-refractivity contribution is 9.10.